The van der Waals surface area contributed by atoms with Gasteiger partial charge in [-0.2, -0.15) is 0 Å². The maximum Gasteiger partial charge on any atom is 0.242 e. The Labute approximate surface area is 123 Å². The molecular weight excluding hydrogens is 291 g/mol. The van der Waals surface area contributed by atoms with E-state index in [9.17, 15) is 0 Å². The van der Waals surface area contributed by atoms with E-state index in [1.807, 2.05) is 46.4 Å². The van der Waals surface area contributed by atoms with E-state index in [0.717, 1.165) is 11.1 Å². The van der Waals surface area contributed by atoms with Crippen molar-refractivity contribution in [3.05, 3.63) is 24.3 Å². The second kappa shape index (κ2) is 6.06. The van der Waals surface area contributed by atoms with E-state index < -0.39 is 14.7 Å². The number of nitrogens with zero attached hydrogens (tertiary/aromatic N) is 2. The molecule has 0 unspecified atom stereocenters. The molecule has 0 bridgehead atoms. The van der Waals surface area contributed by atoms with Crippen LogP contribution in [-0.4, -0.2) is 45.8 Å². The second-order valence-corrected chi connectivity index (χ2v) is 15.0. The van der Waals surface area contributed by atoms with Gasteiger partial charge in [-0.05, 0) is 60.0 Å². The fourth-order valence-electron chi connectivity index (χ4n) is 1.90. The molecule has 0 aliphatic heterocycles. The van der Waals surface area contributed by atoms with E-state index in [2.05, 4.69) is 35.0 Å². The third kappa shape index (κ3) is 3.89. The van der Waals surface area contributed by atoms with Gasteiger partial charge in [0.25, 0.3) is 0 Å². The highest BCUT2D eigenvalue weighted by atomic mass is 32.4. The molecule has 0 amide bonds. The van der Waals surface area contributed by atoms with Crippen LogP contribution >= 0.6 is 6.34 Å². The Bertz CT molecular complexity index is 474. The highest BCUT2D eigenvalue weighted by Crippen LogP contribution is 2.50. The van der Waals surface area contributed by atoms with Gasteiger partial charge in [0, 0.05) is 0 Å². The third-order valence-electron chi connectivity index (χ3n) is 2.68. The lowest BCUT2D eigenvalue weighted by Gasteiger charge is -2.37. The van der Waals surface area contributed by atoms with Gasteiger partial charge in [0.2, 0.25) is 8.32 Å². The molecule has 108 valence electrons. The topological polar surface area (TPSA) is 15.7 Å². The van der Waals surface area contributed by atoms with E-state index >= 15 is 0 Å². The van der Waals surface area contributed by atoms with Crippen molar-refractivity contribution in [3.8, 4) is 5.75 Å². The summed E-state index contributed by atoms with van der Waals surface area (Å²) in [6.07, 6.45) is -1.94. The Morgan fingerprint density at radius 2 is 1.47 bits per heavy atom. The lowest BCUT2D eigenvalue weighted by atomic mass is 10.3. The fourth-order valence-corrected chi connectivity index (χ4v) is 5.54. The predicted octanol–water partition coefficient (Wildman–Crippen LogP) is 2.96. The minimum Gasteiger partial charge on any atom is -0.544 e. The lowest BCUT2D eigenvalue weighted by Crippen LogP contribution is -2.34. The Morgan fingerprint density at radius 1 is 1.00 bits per heavy atom. The largest absolute Gasteiger partial charge is 0.544 e. The third-order valence-corrected chi connectivity index (χ3v) is 9.23. The van der Waals surface area contributed by atoms with Crippen molar-refractivity contribution in [3.63, 3.8) is 0 Å². The zero-order valence-corrected chi connectivity index (χ0v) is 15.7. The standard InChI is InChI=1S/C13H25N2OPSSi/c1-14(2)17(18,15(3)4)13-11-9-8-10-12(13)16-19(5,6)7/h8-11H,1-7H3. The quantitative estimate of drug-likeness (QED) is 0.613. The monoisotopic (exact) mass is 316 g/mol. The van der Waals surface area contributed by atoms with E-state index in [4.69, 9.17) is 16.2 Å². The van der Waals surface area contributed by atoms with Gasteiger partial charge in [-0.1, -0.05) is 23.9 Å². The van der Waals surface area contributed by atoms with Crippen molar-refractivity contribution in [1.29, 1.82) is 0 Å². The zero-order valence-electron chi connectivity index (χ0n) is 13.0. The number of para-hydroxylation sites is 1. The minimum atomic E-state index is -1.94. The summed E-state index contributed by atoms with van der Waals surface area (Å²) in [5.41, 5.74) is 0. The van der Waals surface area contributed by atoms with Crippen molar-refractivity contribution in [2.24, 2.45) is 0 Å². The zero-order chi connectivity index (χ0) is 14.8. The maximum absolute atomic E-state index is 6.23. The molecule has 0 aliphatic carbocycles. The van der Waals surface area contributed by atoms with Crippen molar-refractivity contribution in [2.45, 2.75) is 19.6 Å². The molecule has 0 aliphatic rings. The Balaban J connectivity index is 3.37. The van der Waals surface area contributed by atoms with Gasteiger partial charge >= 0.3 is 0 Å². The van der Waals surface area contributed by atoms with Gasteiger partial charge in [0.15, 0.2) is 0 Å². The smallest absolute Gasteiger partial charge is 0.242 e. The SMILES string of the molecule is CN(C)P(=S)(c1ccccc1O[Si](C)(C)C)N(C)C. The van der Waals surface area contributed by atoms with Crippen LogP contribution in [0.3, 0.4) is 0 Å². The first-order valence-electron chi connectivity index (χ1n) is 6.33. The summed E-state index contributed by atoms with van der Waals surface area (Å²) in [5, 5.41) is 1.14. The predicted molar refractivity (Wildman–Crippen MR) is 91.7 cm³/mol. The molecular formula is C13H25N2OPSSi. The van der Waals surface area contributed by atoms with E-state index in [-0.39, 0.29) is 0 Å². The highest BCUT2D eigenvalue weighted by molar-refractivity contribution is 8.15. The molecule has 0 aromatic heterocycles. The average Bonchev–Trinajstić information content (AvgIpc) is 2.26. The van der Waals surface area contributed by atoms with Crippen molar-refractivity contribution in [1.82, 2.24) is 9.34 Å². The Hall–Kier alpha value is -0.193. The highest BCUT2D eigenvalue weighted by Gasteiger charge is 2.30. The Kier molecular flexibility index (Phi) is 5.38. The molecule has 0 saturated heterocycles. The van der Waals surface area contributed by atoms with E-state index in [1.165, 1.54) is 0 Å². The van der Waals surface area contributed by atoms with Crippen LogP contribution in [0.25, 0.3) is 0 Å². The van der Waals surface area contributed by atoms with Crippen LogP contribution in [0.5, 0.6) is 5.75 Å². The van der Waals surface area contributed by atoms with Crippen LogP contribution in [-0.2, 0) is 11.8 Å². The average molecular weight is 316 g/mol. The molecule has 0 radical (unpaired) electrons. The minimum absolute atomic E-state index is 0.951. The molecule has 0 atom stereocenters. The summed E-state index contributed by atoms with van der Waals surface area (Å²) in [6.45, 7) is 6.58. The van der Waals surface area contributed by atoms with Crippen molar-refractivity contribution >= 4 is 31.8 Å². The summed E-state index contributed by atoms with van der Waals surface area (Å²) in [4.78, 5) is 0. The first-order chi connectivity index (χ1) is 8.59. The molecule has 6 heteroatoms. The summed E-state index contributed by atoms with van der Waals surface area (Å²) in [5.74, 6) is 0.951. The molecule has 19 heavy (non-hydrogen) atoms. The van der Waals surface area contributed by atoms with Gasteiger partial charge in [-0.3, -0.25) is 9.34 Å². The summed E-state index contributed by atoms with van der Waals surface area (Å²) in [6, 6.07) is 8.21. The van der Waals surface area contributed by atoms with E-state index in [1.54, 1.807) is 0 Å². The van der Waals surface area contributed by atoms with Crippen LogP contribution in [0, 0.1) is 0 Å². The first kappa shape index (κ1) is 16.9. The molecule has 1 aromatic rings. The van der Waals surface area contributed by atoms with Crippen LogP contribution < -0.4 is 9.73 Å². The van der Waals surface area contributed by atoms with Crippen LogP contribution in [0.4, 0.5) is 0 Å². The molecule has 0 saturated carbocycles. The fraction of sp³-hybridized carbons (Fsp3) is 0.538. The maximum atomic E-state index is 6.23. The molecule has 1 rings (SSSR count). The number of rotatable bonds is 5. The van der Waals surface area contributed by atoms with Gasteiger partial charge in [0.05, 0.1) is 5.30 Å². The summed E-state index contributed by atoms with van der Waals surface area (Å²) in [7, 11) is 6.55. The normalized spacial score (nSPS) is 13.1. The molecule has 0 spiro atoms. The Morgan fingerprint density at radius 3 is 1.89 bits per heavy atom. The van der Waals surface area contributed by atoms with Gasteiger partial charge in [-0.15, -0.1) is 0 Å². The summed E-state index contributed by atoms with van der Waals surface area (Å²) < 4.78 is 10.5. The molecule has 0 fully saturated rings. The van der Waals surface area contributed by atoms with Crippen molar-refractivity contribution in [2.75, 3.05) is 28.2 Å². The molecule has 0 heterocycles. The van der Waals surface area contributed by atoms with Crippen LogP contribution in [0.1, 0.15) is 0 Å². The lowest BCUT2D eigenvalue weighted by molar-refractivity contribution is 0.554. The van der Waals surface area contributed by atoms with Crippen molar-refractivity contribution < 1.29 is 4.43 Å². The van der Waals surface area contributed by atoms with Crippen LogP contribution in [0.15, 0.2) is 24.3 Å². The molecule has 0 N–H and O–H groups in total. The number of hydrogen-bond donors (Lipinski definition) is 0. The van der Waals surface area contributed by atoms with Gasteiger partial charge in [-0.25, -0.2) is 0 Å². The molecule has 1 aromatic carbocycles. The second-order valence-electron chi connectivity index (χ2n) is 5.92. The van der Waals surface area contributed by atoms with Gasteiger partial charge in [0.1, 0.15) is 12.1 Å². The van der Waals surface area contributed by atoms with Crippen LogP contribution in [0.2, 0.25) is 19.6 Å². The molecule has 3 nitrogen and oxygen atoms in total. The van der Waals surface area contributed by atoms with Gasteiger partial charge < -0.3 is 4.43 Å². The summed E-state index contributed by atoms with van der Waals surface area (Å²) >= 11 is 5.99. The first-order valence-corrected chi connectivity index (χ1v) is 12.4. The number of hydrogen-bond acceptors (Lipinski definition) is 2. The van der Waals surface area contributed by atoms with E-state index in [0.29, 0.717) is 0 Å². The number of benzene rings is 1.